The molecule has 0 spiro atoms. The maximum Gasteiger partial charge on any atom is 0.416 e. The van der Waals surface area contributed by atoms with Crippen LogP contribution in [0.3, 0.4) is 0 Å². The third-order valence-corrected chi connectivity index (χ3v) is 6.34. The SMILES string of the molecule is CCOc1ccc(C(F)(F)F)cc1NC(=O)c1cccc(S(=O)(=O)N(CC)CC)c1. The molecule has 10 heteroatoms. The van der Waals surface area contributed by atoms with Crippen molar-refractivity contribution in [2.75, 3.05) is 25.0 Å². The second-order valence-electron chi connectivity index (χ2n) is 6.21. The van der Waals surface area contributed by atoms with Gasteiger partial charge in [0.15, 0.2) is 0 Å². The van der Waals surface area contributed by atoms with Gasteiger partial charge < -0.3 is 10.1 Å². The van der Waals surface area contributed by atoms with Crippen LogP contribution in [0.4, 0.5) is 18.9 Å². The quantitative estimate of drug-likeness (QED) is 0.655. The van der Waals surface area contributed by atoms with Crippen molar-refractivity contribution in [1.29, 1.82) is 0 Å². The standard InChI is InChI=1S/C20H23F3N2O4S/c1-4-25(5-2)30(27,28)16-9-7-8-14(12-16)19(26)24-17-13-15(20(21,22)23)10-11-18(17)29-6-3/h7-13H,4-6H2,1-3H3,(H,24,26). The van der Waals surface area contributed by atoms with Crippen molar-refractivity contribution in [3.05, 3.63) is 53.6 Å². The van der Waals surface area contributed by atoms with Crippen LogP contribution in [0.2, 0.25) is 0 Å². The van der Waals surface area contributed by atoms with E-state index in [-0.39, 0.29) is 41.6 Å². The Labute approximate surface area is 173 Å². The van der Waals surface area contributed by atoms with Gasteiger partial charge in [-0.3, -0.25) is 4.79 Å². The zero-order chi connectivity index (χ0) is 22.5. The lowest BCUT2D eigenvalue weighted by atomic mass is 10.1. The molecule has 0 saturated carbocycles. The molecule has 0 aliphatic heterocycles. The fourth-order valence-corrected chi connectivity index (χ4v) is 4.29. The predicted octanol–water partition coefficient (Wildman–Crippen LogP) is 4.39. The molecule has 2 aromatic carbocycles. The maximum absolute atomic E-state index is 13.0. The van der Waals surface area contributed by atoms with Crippen molar-refractivity contribution in [1.82, 2.24) is 4.31 Å². The van der Waals surface area contributed by atoms with E-state index in [1.807, 2.05) is 0 Å². The summed E-state index contributed by atoms with van der Waals surface area (Å²) in [5.41, 5.74) is -1.11. The maximum atomic E-state index is 13.0. The van der Waals surface area contributed by atoms with Crippen LogP contribution in [0.15, 0.2) is 47.4 Å². The summed E-state index contributed by atoms with van der Waals surface area (Å²) < 4.78 is 71.0. The van der Waals surface area contributed by atoms with Crippen LogP contribution in [-0.4, -0.2) is 38.3 Å². The minimum Gasteiger partial charge on any atom is -0.492 e. The van der Waals surface area contributed by atoms with Gasteiger partial charge in [0, 0.05) is 18.7 Å². The van der Waals surface area contributed by atoms with Crippen LogP contribution in [0, 0.1) is 0 Å². The number of amides is 1. The smallest absolute Gasteiger partial charge is 0.416 e. The molecule has 1 N–H and O–H groups in total. The van der Waals surface area contributed by atoms with Gasteiger partial charge in [0.05, 0.1) is 22.8 Å². The molecule has 2 rings (SSSR count). The lowest BCUT2D eigenvalue weighted by Gasteiger charge is -2.19. The molecular weight excluding hydrogens is 421 g/mol. The third-order valence-electron chi connectivity index (χ3n) is 4.29. The third kappa shape index (κ3) is 5.31. The van der Waals surface area contributed by atoms with Gasteiger partial charge in [-0.2, -0.15) is 17.5 Å². The number of hydrogen-bond donors (Lipinski definition) is 1. The molecule has 30 heavy (non-hydrogen) atoms. The van der Waals surface area contributed by atoms with Crippen molar-refractivity contribution in [2.45, 2.75) is 31.8 Å². The number of halogens is 3. The largest absolute Gasteiger partial charge is 0.492 e. The first-order valence-corrected chi connectivity index (χ1v) is 10.7. The van der Waals surface area contributed by atoms with E-state index in [9.17, 15) is 26.4 Å². The Morgan fingerprint density at radius 3 is 2.30 bits per heavy atom. The van der Waals surface area contributed by atoms with Gasteiger partial charge in [-0.05, 0) is 43.3 Å². The molecule has 0 unspecified atom stereocenters. The summed E-state index contributed by atoms with van der Waals surface area (Å²) in [7, 11) is -3.79. The second kappa shape index (κ2) is 9.48. The number of benzene rings is 2. The van der Waals surface area contributed by atoms with E-state index in [0.29, 0.717) is 0 Å². The number of sulfonamides is 1. The topological polar surface area (TPSA) is 75.7 Å². The lowest BCUT2D eigenvalue weighted by molar-refractivity contribution is -0.137. The number of alkyl halides is 3. The van der Waals surface area contributed by atoms with E-state index in [1.54, 1.807) is 20.8 Å². The molecule has 0 aliphatic carbocycles. The molecule has 1 amide bonds. The Balaban J connectivity index is 2.39. The van der Waals surface area contributed by atoms with Gasteiger partial charge in [0.2, 0.25) is 10.0 Å². The van der Waals surface area contributed by atoms with E-state index in [0.717, 1.165) is 18.2 Å². The van der Waals surface area contributed by atoms with Crippen LogP contribution in [0.1, 0.15) is 36.7 Å². The van der Waals surface area contributed by atoms with Crippen molar-refractivity contribution in [3.63, 3.8) is 0 Å². The molecule has 0 radical (unpaired) electrons. The minimum atomic E-state index is -4.60. The Hall–Kier alpha value is -2.59. The van der Waals surface area contributed by atoms with Crippen LogP contribution >= 0.6 is 0 Å². The molecular formula is C20H23F3N2O4S. The Morgan fingerprint density at radius 1 is 1.07 bits per heavy atom. The number of carbonyl (C=O) groups is 1. The molecule has 0 aromatic heterocycles. The number of anilines is 1. The molecule has 0 aliphatic rings. The van der Waals surface area contributed by atoms with Crippen molar-refractivity contribution in [2.24, 2.45) is 0 Å². The summed E-state index contributed by atoms with van der Waals surface area (Å²) in [5.74, 6) is -0.683. The van der Waals surface area contributed by atoms with Crippen molar-refractivity contribution in [3.8, 4) is 5.75 Å². The summed E-state index contributed by atoms with van der Waals surface area (Å²) in [6.45, 7) is 5.76. The van der Waals surface area contributed by atoms with Crippen LogP contribution < -0.4 is 10.1 Å². The molecule has 6 nitrogen and oxygen atoms in total. The Morgan fingerprint density at radius 2 is 1.73 bits per heavy atom. The van der Waals surface area contributed by atoms with E-state index in [1.165, 1.54) is 28.6 Å². The summed E-state index contributed by atoms with van der Waals surface area (Å²) in [4.78, 5) is 12.6. The van der Waals surface area contributed by atoms with Gasteiger partial charge in [0.25, 0.3) is 5.91 Å². The molecule has 0 saturated heterocycles. The van der Waals surface area contributed by atoms with Gasteiger partial charge in [-0.1, -0.05) is 19.9 Å². The molecule has 0 bridgehead atoms. The minimum absolute atomic E-state index is 0.0110. The summed E-state index contributed by atoms with van der Waals surface area (Å²) >= 11 is 0. The van der Waals surface area contributed by atoms with E-state index < -0.39 is 27.7 Å². The Bertz CT molecular complexity index is 1000. The van der Waals surface area contributed by atoms with E-state index in [4.69, 9.17) is 4.74 Å². The van der Waals surface area contributed by atoms with Crippen molar-refractivity contribution < 1.29 is 31.1 Å². The highest BCUT2D eigenvalue weighted by atomic mass is 32.2. The molecule has 0 atom stereocenters. The van der Waals surface area contributed by atoms with Crippen molar-refractivity contribution >= 4 is 21.6 Å². The second-order valence-corrected chi connectivity index (χ2v) is 8.15. The van der Waals surface area contributed by atoms with Gasteiger partial charge in [-0.25, -0.2) is 8.42 Å². The number of hydrogen-bond acceptors (Lipinski definition) is 4. The van der Waals surface area contributed by atoms with Crippen LogP contribution in [0.25, 0.3) is 0 Å². The fourth-order valence-electron chi connectivity index (χ4n) is 2.79. The van der Waals surface area contributed by atoms with Gasteiger partial charge in [-0.15, -0.1) is 0 Å². The molecule has 0 fully saturated rings. The molecule has 0 heterocycles. The number of rotatable bonds is 8. The first kappa shape index (κ1) is 23.7. The van der Waals surface area contributed by atoms with Crippen LogP contribution in [-0.2, 0) is 16.2 Å². The zero-order valence-electron chi connectivity index (χ0n) is 16.8. The number of nitrogens with zero attached hydrogens (tertiary/aromatic N) is 1. The average molecular weight is 444 g/mol. The molecule has 2 aromatic rings. The predicted molar refractivity (Wildman–Crippen MR) is 107 cm³/mol. The normalized spacial score (nSPS) is 12.1. The number of ether oxygens (including phenoxy) is 1. The first-order chi connectivity index (χ1) is 14.0. The molecule has 164 valence electrons. The highest BCUT2D eigenvalue weighted by Crippen LogP contribution is 2.35. The highest BCUT2D eigenvalue weighted by molar-refractivity contribution is 7.89. The van der Waals surface area contributed by atoms with Crippen LogP contribution in [0.5, 0.6) is 5.75 Å². The monoisotopic (exact) mass is 444 g/mol. The Kier molecular flexibility index (Phi) is 7.49. The van der Waals surface area contributed by atoms with Gasteiger partial charge in [0.1, 0.15) is 5.75 Å². The van der Waals surface area contributed by atoms with Gasteiger partial charge >= 0.3 is 6.18 Å². The fraction of sp³-hybridized carbons (Fsp3) is 0.350. The zero-order valence-corrected chi connectivity index (χ0v) is 17.6. The average Bonchev–Trinajstić information content (AvgIpc) is 2.69. The first-order valence-electron chi connectivity index (χ1n) is 9.30. The summed E-state index contributed by atoms with van der Waals surface area (Å²) in [6, 6.07) is 8.10. The lowest BCUT2D eigenvalue weighted by Crippen LogP contribution is -2.30. The summed E-state index contributed by atoms with van der Waals surface area (Å²) in [5, 5.41) is 2.39. The number of nitrogens with one attached hydrogen (secondary N) is 1. The highest BCUT2D eigenvalue weighted by Gasteiger charge is 2.31. The number of carbonyl (C=O) groups excluding carboxylic acids is 1. The summed E-state index contributed by atoms with van der Waals surface area (Å²) in [6.07, 6.45) is -4.60. The van der Waals surface area contributed by atoms with E-state index >= 15 is 0 Å². The van der Waals surface area contributed by atoms with E-state index in [2.05, 4.69) is 5.32 Å².